The number of carbonyl (C=O) groups is 3. The molecule has 1 atom stereocenters. The Kier molecular flexibility index (Phi) is 10.6. The summed E-state index contributed by atoms with van der Waals surface area (Å²) in [6.45, 7) is 1.82. The summed E-state index contributed by atoms with van der Waals surface area (Å²) in [4.78, 5) is 35.7. The summed E-state index contributed by atoms with van der Waals surface area (Å²) >= 11 is 4.62. The number of amides is 1. The second kappa shape index (κ2) is 12.1. The summed E-state index contributed by atoms with van der Waals surface area (Å²) in [6, 6.07) is 5.62. The average Bonchev–Trinajstić information content (AvgIpc) is 2.58. The van der Waals surface area contributed by atoms with Gasteiger partial charge in [-0.3, -0.25) is 4.79 Å². The first-order chi connectivity index (χ1) is 12.4. The van der Waals surface area contributed by atoms with Crippen molar-refractivity contribution in [3.05, 3.63) is 24.3 Å². The first-order valence-corrected chi connectivity index (χ1v) is 10.8. The molecule has 3 N–H and O–H groups in total. The summed E-state index contributed by atoms with van der Waals surface area (Å²) < 4.78 is 7.05. The van der Waals surface area contributed by atoms with Crippen molar-refractivity contribution in [2.24, 2.45) is 0 Å². The fraction of sp³-hybridized carbons (Fsp3) is 0.438. The minimum absolute atomic E-state index is 0.222. The number of benzene rings is 1. The maximum atomic E-state index is 11.8. The van der Waals surface area contributed by atoms with Gasteiger partial charge in [0.05, 0.1) is 0 Å². The summed E-state index contributed by atoms with van der Waals surface area (Å²) in [5.41, 5.74) is 1.01. The van der Waals surface area contributed by atoms with Crippen LogP contribution in [0.5, 0.6) is 5.75 Å². The molecule has 0 bridgehead atoms. The topological polar surface area (TPSA) is 116 Å². The van der Waals surface area contributed by atoms with Gasteiger partial charge < -0.3 is 25.2 Å². The van der Waals surface area contributed by atoms with E-state index >= 15 is 0 Å². The molecule has 8 nitrogen and oxygen atoms in total. The molecule has 0 saturated carbocycles. The maximum absolute atomic E-state index is 11.8. The number of carboxylic acid groups (broad SMARTS) is 2. The summed E-state index contributed by atoms with van der Waals surface area (Å²) in [5.74, 6) is -2.17. The highest BCUT2D eigenvalue weighted by Crippen LogP contribution is 2.20. The van der Waals surface area contributed by atoms with Crippen LogP contribution in [-0.4, -0.2) is 56.2 Å². The number of anilines is 1. The number of aliphatic carboxylic acids is 2. The number of carbonyl (C=O) groups excluding carboxylic acids is 1. The molecule has 1 amide bonds. The number of hydrogen-bond donors (Lipinski definition) is 3. The zero-order valence-corrected chi connectivity index (χ0v) is 18.2. The number of nitrogens with zero attached hydrogens (tertiary/aromatic N) is 1. The lowest BCUT2D eigenvalue weighted by Crippen LogP contribution is -2.42. The minimum Gasteiger partial charge on any atom is -0.481 e. The zero-order chi connectivity index (χ0) is 19.5. The fourth-order valence-electron chi connectivity index (χ4n) is 2.10. The van der Waals surface area contributed by atoms with Gasteiger partial charge in [0.2, 0.25) is 0 Å². The Balaban J connectivity index is 2.65. The molecular weight excluding hydrogens is 570 g/mol. The van der Waals surface area contributed by atoms with Crippen LogP contribution in [0.15, 0.2) is 24.3 Å². The monoisotopic (exact) mass is 590 g/mol. The molecule has 1 aromatic carbocycles. The van der Waals surface area contributed by atoms with Crippen LogP contribution in [0.4, 0.5) is 10.5 Å². The van der Waals surface area contributed by atoms with E-state index in [1.807, 2.05) is 12.1 Å². The van der Waals surface area contributed by atoms with Gasteiger partial charge in [-0.2, -0.15) is 0 Å². The Labute approximate surface area is 178 Å². The van der Waals surface area contributed by atoms with Crippen LogP contribution in [0.25, 0.3) is 0 Å². The molecule has 1 aromatic rings. The third kappa shape index (κ3) is 8.38. The molecule has 0 saturated heterocycles. The molecule has 10 heteroatoms. The lowest BCUT2D eigenvalue weighted by molar-refractivity contribution is -0.140. The molecule has 1 rings (SSSR count). The van der Waals surface area contributed by atoms with E-state index in [1.54, 1.807) is 12.1 Å². The van der Waals surface area contributed by atoms with E-state index in [-0.39, 0.29) is 18.6 Å². The number of alkyl halides is 2. The Bertz CT molecular complexity index is 605. The van der Waals surface area contributed by atoms with Crippen molar-refractivity contribution in [3.8, 4) is 5.75 Å². The van der Waals surface area contributed by atoms with E-state index in [0.717, 1.165) is 27.6 Å². The van der Waals surface area contributed by atoms with Crippen molar-refractivity contribution >= 4 is 68.9 Å². The van der Waals surface area contributed by atoms with Crippen molar-refractivity contribution in [1.29, 1.82) is 0 Å². The van der Waals surface area contributed by atoms with Crippen molar-refractivity contribution in [2.45, 2.75) is 18.9 Å². The molecule has 0 radical (unpaired) electrons. The minimum atomic E-state index is -1.32. The smallest absolute Gasteiger partial charge is 0.413 e. The third-order valence-corrected chi connectivity index (χ3v) is 4.32. The number of halogens is 2. The molecule has 0 unspecified atom stereocenters. The van der Waals surface area contributed by atoms with Gasteiger partial charge in [0.1, 0.15) is 11.8 Å². The van der Waals surface area contributed by atoms with Gasteiger partial charge in [-0.05, 0) is 30.7 Å². The number of ether oxygens (including phenoxy) is 1. The summed E-state index contributed by atoms with van der Waals surface area (Å²) in [7, 11) is 0. The van der Waals surface area contributed by atoms with Gasteiger partial charge in [0.25, 0.3) is 0 Å². The first kappa shape index (κ1) is 22.7. The Morgan fingerprint density at radius 3 is 2.12 bits per heavy atom. The molecule has 0 aliphatic carbocycles. The van der Waals surface area contributed by atoms with Crippen LogP contribution in [0.3, 0.4) is 0 Å². The molecule has 144 valence electrons. The molecule has 0 aliphatic heterocycles. The van der Waals surface area contributed by atoms with Crippen LogP contribution >= 0.6 is 45.2 Å². The molecule has 26 heavy (non-hydrogen) atoms. The van der Waals surface area contributed by atoms with Gasteiger partial charge in [0.15, 0.2) is 0 Å². The van der Waals surface area contributed by atoms with E-state index in [1.165, 1.54) is 0 Å². The number of carboxylic acids is 2. The zero-order valence-electron chi connectivity index (χ0n) is 13.9. The van der Waals surface area contributed by atoms with E-state index in [9.17, 15) is 14.4 Å². The van der Waals surface area contributed by atoms with Gasteiger partial charge in [-0.15, -0.1) is 0 Å². The second-order valence-electron chi connectivity index (χ2n) is 5.22. The Hall–Kier alpha value is -1.31. The summed E-state index contributed by atoms with van der Waals surface area (Å²) in [5, 5.41) is 19.8. The molecule has 0 heterocycles. The van der Waals surface area contributed by atoms with Gasteiger partial charge in [-0.25, -0.2) is 9.59 Å². The number of nitrogens with one attached hydrogen (secondary N) is 1. The second-order valence-corrected chi connectivity index (χ2v) is 7.37. The predicted molar refractivity (Wildman–Crippen MR) is 114 cm³/mol. The van der Waals surface area contributed by atoms with Crippen molar-refractivity contribution in [2.75, 3.05) is 26.8 Å². The first-order valence-electron chi connectivity index (χ1n) is 7.77. The fourth-order valence-corrected chi connectivity index (χ4v) is 3.27. The van der Waals surface area contributed by atoms with Crippen LogP contribution in [0.2, 0.25) is 0 Å². The lowest BCUT2D eigenvalue weighted by atomic mass is 10.1. The highest BCUT2D eigenvalue weighted by molar-refractivity contribution is 14.1. The van der Waals surface area contributed by atoms with Crippen molar-refractivity contribution in [3.63, 3.8) is 0 Å². The van der Waals surface area contributed by atoms with E-state index in [2.05, 4.69) is 55.4 Å². The quantitative estimate of drug-likeness (QED) is 0.268. The molecule has 0 spiro atoms. The van der Waals surface area contributed by atoms with Crippen LogP contribution in [-0.2, 0) is 9.59 Å². The molecule has 0 aromatic heterocycles. The van der Waals surface area contributed by atoms with E-state index in [4.69, 9.17) is 14.9 Å². The van der Waals surface area contributed by atoms with Crippen LogP contribution < -0.4 is 15.0 Å². The van der Waals surface area contributed by atoms with Crippen LogP contribution in [0, 0.1) is 0 Å². The molecule has 0 aliphatic rings. The Morgan fingerprint density at radius 1 is 1.08 bits per heavy atom. The highest BCUT2D eigenvalue weighted by atomic mass is 127. The van der Waals surface area contributed by atoms with Crippen molar-refractivity contribution < 1.29 is 29.3 Å². The SMILES string of the molecule is O=C(O)CC[C@H](NC(=O)Oc1ccc(N(CCI)CCI)cc1)C(=O)O. The predicted octanol–water partition coefficient (Wildman–Crippen LogP) is 2.77. The lowest BCUT2D eigenvalue weighted by Gasteiger charge is -2.23. The van der Waals surface area contributed by atoms with Gasteiger partial charge in [-0.1, -0.05) is 45.2 Å². The van der Waals surface area contributed by atoms with Crippen LogP contribution in [0.1, 0.15) is 12.8 Å². The maximum Gasteiger partial charge on any atom is 0.413 e. The number of rotatable bonds is 11. The highest BCUT2D eigenvalue weighted by Gasteiger charge is 2.22. The number of hydrogen-bond acceptors (Lipinski definition) is 5. The summed E-state index contributed by atoms with van der Waals surface area (Å²) in [6.07, 6.45) is -1.53. The molecular formula is C16H20I2N2O6. The standard InChI is InChI=1S/C16H20I2N2O6/c17-7-9-20(10-8-18)11-1-3-12(4-2-11)26-16(25)19-13(15(23)24)5-6-14(21)22/h1-4,13H,5-10H2,(H,19,25)(H,21,22)(H,23,24)/t13-/m0/s1. The largest absolute Gasteiger partial charge is 0.481 e. The normalized spacial score (nSPS) is 11.5. The van der Waals surface area contributed by atoms with Gasteiger partial charge in [0, 0.05) is 34.1 Å². The van der Waals surface area contributed by atoms with E-state index < -0.39 is 24.1 Å². The Morgan fingerprint density at radius 2 is 1.65 bits per heavy atom. The van der Waals surface area contributed by atoms with Crippen molar-refractivity contribution in [1.82, 2.24) is 5.32 Å². The third-order valence-electron chi connectivity index (χ3n) is 3.36. The van der Waals surface area contributed by atoms with Gasteiger partial charge >= 0.3 is 18.0 Å². The van der Waals surface area contributed by atoms with E-state index in [0.29, 0.717) is 0 Å². The average molecular weight is 590 g/mol. The molecule has 0 fully saturated rings.